The first-order valence-corrected chi connectivity index (χ1v) is 10.8. The number of ether oxygens (including phenoxy) is 1. The number of rotatable bonds is 6. The summed E-state index contributed by atoms with van der Waals surface area (Å²) in [6, 6.07) is 8.69. The minimum atomic E-state index is -0.707. The third-order valence-electron chi connectivity index (χ3n) is 5.69. The molecule has 4 rings (SSSR count). The Kier molecular flexibility index (Phi) is 5.92. The van der Waals surface area contributed by atoms with Crippen LogP contribution in [-0.2, 0) is 16.1 Å². The standard InChI is InChI=1S/C23H29N6O3/c1-6-32-11-10-27-19-20(24-22(27)29-17(4)13-16(3)25-29)26(5)23(31)28(21(19)30)14-18-9-7-8-15(2)12-18/h7-9,12-13,19H,6,10-11,14H2,1-5H3/q+1. The van der Waals surface area contributed by atoms with E-state index in [9.17, 15) is 9.59 Å². The van der Waals surface area contributed by atoms with Crippen molar-refractivity contribution < 1.29 is 18.9 Å². The SMILES string of the molecule is CCOCC[N+]1=C(n2nc(C)cc2C)N=C2C1C(=O)N(Cc1cccc(C)c1)C(=O)N2C. The first-order chi connectivity index (χ1) is 15.3. The van der Waals surface area contributed by atoms with Gasteiger partial charge < -0.3 is 4.74 Å². The van der Waals surface area contributed by atoms with Gasteiger partial charge in [0.2, 0.25) is 11.9 Å². The molecule has 2 aliphatic rings. The Morgan fingerprint density at radius 1 is 1.16 bits per heavy atom. The molecule has 0 saturated carbocycles. The van der Waals surface area contributed by atoms with E-state index in [1.165, 1.54) is 9.80 Å². The molecule has 1 atom stereocenters. The highest BCUT2D eigenvalue weighted by Crippen LogP contribution is 2.23. The van der Waals surface area contributed by atoms with Gasteiger partial charge in [0.05, 0.1) is 25.4 Å². The van der Waals surface area contributed by atoms with Crippen LogP contribution in [0, 0.1) is 20.8 Å². The maximum atomic E-state index is 13.6. The molecule has 0 radical (unpaired) electrons. The average molecular weight is 438 g/mol. The minimum absolute atomic E-state index is 0.210. The van der Waals surface area contributed by atoms with Gasteiger partial charge in [-0.25, -0.2) is 9.37 Å². The number of fused-ring (bicyclic) bond motifs is 1. The smallest absolute Gasteiger partial charge is 0.378 e. The Hall–Kier alpha value is -3.33. The van der Waals surface area contributed by atoms with Crippen LogP contribution in [0.4, 0.5) is 4.79 Å². The zero-order chi connectivity index (χ0) is 23.0. The summed E-state index contributed by atoms with van der Waals surface area (Å²) < 4.78 is 9.19. The van der Waals surface area contributed by atoms with E-state index < -0.39 is 6.04 Å². The van der Waals surface area contributed by atoms with Crippen LogP contribution in [0.2, 0.25) is 0 Å². The molecule has 1 aromatic carbocycles. The molecular formula is C23H29N6O3+. The third-order valence-corrected chi connectivity index (χ3v) is 5.69. The van der Waals surface area contributed by atoms with Crippen LogP contribution in [0.5, 0.6) is 0 Å². The number of carbonyl (C=O) groups excluding carboxylic acids is 2. The molecule has 9 heteroatoms. The number of hydrogen-bond donors (Lipinski definition) is 0. The highest BCUT2D eigenvalue weighted by Gasteiger charge is 2.53. The van der Waals surface area contributed by atoms with Gasteiger partial charge in [-0.2, -0.15) is 0 Å². The van der Waals surface area contributed by atoms with E-state index in [1.54, 1.807) is 11.7 Å². The second kappa shape index (κ2) is 8.66. The Morgan fingerprint density at radius 3 is 2.59 bits per heavy atom. The number of urea groups is 1. The number of aromatic nitrogens is 2. The molecular weight excluding hydrogens is 408 g/mol. The van der Waals surface area contributed by atoms with Crippen molar-refractivity contribution >= 4 is 23.7 Å². The monoisotopic (exact) mass is 437 g/mol. The molecule has 168 valence electrons. The molecule has 1 unspecified atom stereocenters. The molecule has 1 fully saturated rings. The Bertz CT molecular complexity index is 1130. The van der Waals surface area contributed by atoms with E-state index in [0.717, 1.165) is 22.5 Å². The van der Waals surface area contributed by atoms with E-state index >= 15 is 0 Å². The molecule has 0 N–H and O–H groups in total. The van der Waals surface area contributed by atoms with Crippen molar-refractivity contribution in [2.24, 2.45) is 4.99 Å². The van der Waals surface area contributed by atoms with Gasteiger partial charge in [-0.1, -0.05) is 34.8 Å². The number of likely N-dealkylation sites (N-methyl/N-ethyl adjacent to an activating group) is 1. The van der Waals surface area contributed by atoms with E-state index in [2.05, 4.69) is 5.10 Å². The maximum absolute atomic E-state index is 13.6. The minimum Gasteiger partial charge on any atom is -0.378 e. The van der Waals surface area contributed by atoms with Crippen LogP contribution in [0.25, 0.3) is 0 Å². The molecule has 2 aromatic rings. The normalized spacial score (nSPS) is 18.5. The van der Waals surface area contributed by atoms with Gasteiger partial charge in [0.15, 0.2) is 0 Å². The fourth-order valence-electron chi connectivity index (χ4n) is 4.18. The van der Waals surface area contributed by atoms with Crippen molar-refractivity contribution in [1.82, 2.24) is 19.6 Å². The second-order valence-electron chi connectivity index (χ2n) is 8.16. The molecule has 0 aliphatic carbocycles. The number of carbonyl (C=O) groups is 2. The van der Waals surface area contributed by atoms with E-state index in [-0.39, 0.29) is 18.5 Å². The first kappa shape index (κ1) is 21.9. The number of aliphatic imine (C=N–C) groups is 1. The van der Waals surface area contributed by atoms with Crippen LogP contribution in [0.3, 0.4) is 0 Å². The third kappa shape index (κ3) is 3.84. The molecule has 1 saturated heterocycles. The quantitative estimate of drug-likeness (QED) is 0.511. The first-order valence-electron chi connectivity index (χ1n) is 10.8. The predicted octanol–water partition coefficient (Wildman–Crippen LogP) is 1.94. The fraction of sp³-hybridized carbons (Fsp3) is 0.435. The Balaban J connectivity index is 1.74. The average Bonchev–Trinajstić information content (AvgIpc) is 3.29. The molecule has 0 spiro atoms. The summed E-state index contributed by atoms with van der Waals surface area (Å²) in [5.41, 5.74) is 3.74. The molecule has 3 amide bonds. The number of benzene rings is 1. The summed E-state index contributed by atoms with van der Waals surface area (Å²) in [5, 5.41) is 4.56. The highest BCUT2D eigenvalue weighted by molar-refractivity contribution is 6.22. The van der Waals surface area contributed by atoms with Gasteiger partial charge in [-0.3, -0.25) is 14.6 Å². The molecule has 1 aromatic heterocycles. The topological polar surface area (TPSA) is 83.0 Å². The second-order valence-corrected chi connectivity index (χ2v) is 8.16. The number of hydrogen-bond acceptors (Lipinski definition) is 5. The summed E-state index contributed by atoms with van der Waals surface area (Å²) in [5.74, 6) is 0.654. The highest BCUT2D eigenvalue weighted by atomic mass is 16.5. The fourth-order valence-corrected chi connectivity index (χ4v) is 4.18. The lowest BCUT2D eigenvalue weighted by Gasteiger charge is -2.34. The van der Waals surface area contributed by atoms with Crippen molar-refractivity contribution in [3.63, 3.8) is 0 Å². The maximum Gasteiger partial charge on any atom is 0.421 e. The van der Waals surface area contributed by atoms with Crippen LogP contribution in [-0.4, -0.2) is 80.7 Å². The van der Waals surface area contributed by atoms with Gasteiger partial charge in [0.25, 0.3) is 5.91 Å². The molecule has 2 aliphatic heterocycles. The molecule has 0 bridgehead atoms. The van der Waals surface area contributed by atoms with Crippen molar-refractivity contribution in [3.8, 4) is 0 Å². The number of aryl methyl sites for hydroxylation is 3. The van der Waals surface area contributed by atoms with Gasteiger partial charge in [-0.05, 0) is 39.3 Å². The number of amides is 3. The molecule has 3 heterocycles. The van der Waals surface area contributed by atoms with E-state index in [1.807, 2.05) is 62.6 Å². The van der Waals surface area contributed by atoms with E-state index in [4.69, 9.17) is 9.73 Å². The Morgan fingerprint density at radius 2 is 1.94 bits per heavy atom. The summed E-state index contributed by atoms with van der Waals surface area (Å²) in [4.78, 5) is 34.2. The van der Waals surface area contributed by atoms with Crippen LogP contribution >= 0.6 is 0 Å². The summed E-state index contributed by atoms with van der Waals surface area (Å²) in [7, 11) is 1.66. The predicted molar refractivity (Wildman–Crippen MR) is 120 cm³/mol. The van der Waals surface area contributed by atoms with Crippen molar-refractivity contribution in [2.75, 3.05) is 26.8 Å². The van der Waals surface area contributed by atoms with Crippen molar-refractivity contribution in [3.05, 3.63) is 52.8 Å². The van der Waals surface area contributed by atoms with Crippen LogP contribution in [0.15, 0.2) is 35.3 Å². The largest absolute Gasteiger partial charge is 0.421 e. The number of imide groups is 1. The van der Waals surface area contributed by atoms with Crippen LogP contribution in [0.1, 0.15) is 29.4 Å². The lowest BCUT2D eigenvalue weighted by molar-refractivity contribution is -0.540. The summed E-state index contributed by atoms with van der Waals surface area (Å²) in [6.45, 7) is 9.44. The lowest BCUT2D eigenvalue weighted by Crippen LogP contribution is -2.62. The number of amidine groups is 1. The van der Waals surface area contributed by atoms with Gasteiger partial charge in [-0.15, -0.1) is 9.78 Å². The van der Waals surface area contributed by atoms with Crippen LogP contribution < -0.4 is 0 Å². The summed E-state index contributed by atoms with van der Waals surface area (Å²) >= 11 is 0. The van der Waals surface area contributed by atoms with Gasteiger partial charge in [0.1, 0.15) is 5.69 Å². The zero-order valence-electron chi connectivity index (χ0n) is 19.2. The molecule has 9 nitrogen and oxygen atoms in total. The summed E-state index contributed by atoms with van der Waals surface area (Å²) in [6.07, 6.45) is 0. The van der Waals surface area contributed by atoms with Crippen molar-refractivity contribution in [2.45, 2.75) is 40.3 Å². The van der Waals surface area contributed by atoms with E-state index in [0.29, 0.717) is 31.6 Å². The zero-order valence-corrected chi connectivity index (χ0v) is 19.2. The lowest BCUT2D eigenvalue weighted by atomic mass is 10.1. The van der Waals surface area contributed by atoms with Gasteiger partial charge in [0, 0.05) is 13.7 Å². The number of nitrogens with zero attached hydrogens (tertiary/aromatic N) is 6. The Labute approximate surface area is 187 Å². The van der Waals surface area contributed by atoms with Gasteiger partial charge >= 0.3 is 12.0 Å². The van der Waals surface area contributed by atoms with Crippen molar-refractivity contribution in [1.29, 1.82) is 0 Å². The molecule has 32 heavy (non-hydrogen) atoms.